The normalized spacial score (nSPS) is 10.8. The average Bonchev–Trinajstić information content (AvgIpc) is 2.88. The van der Waals surface area contributed by atoms with Crippen LogP contribution in [0, 0.1) is 5.82 Å². The minimum atomic E-state index is -0.390. The van der Waals surface area contributed by atoms with Crippen LogP contribution >= 0.6 is 15.9 Å². The minimum Gasteiger partial charge on any atom is -0.490 e. The van der Waals surface area contributed by atoms with Gasteiger partial charge in [0.25, 0.3) is 5.91 Å². The van der Waals surface area contributed by atoms with E-state index in [4.69, 9.17) is 18.9 Å². The lowest BCUT2D eigenvalue weighted by atomic mass is 10.2. The Morgan fingerprint density at radius 1 is 0.946 bits per heavy atom. The third kappa shape index (κ3) is 8.21. The van der Waals surface area contributed by atoms with E-state index in [1.54, 1.807) is 42.5 Å². The molecule has 0 unspecified atom stereocenters. The average molecular weight is 573 g/mol. The first-order chi connectivity index (χ1) is 17.9. The fourth-order valence-electron chi connectivity index (χ4n) is 3.33. The van der Waals surface area contributed by atoms with Crippen LogP contribution in [-0.2, 0) is 6.61 Å². The summed E-state index contributed by atoms with van der Waals surface area (Å²) in [6.07, 6.45) is 2.37. The van der Waals surface area contributed by atoms with Crippen LogP contribution in [0.25, 0.3) is 0 Å². The standard InChI is InChI=1S/C28H30BrFN2O5/c1-4-12-36-24-11-10-21(16-25(24)34-5-2)28(33)32-31-17-20-14-23(29)27(26(15-20)35-6-3)37-18-19-8-7-9-22(30)13-19/h7-11,13-17H,4-6,12,18H2,1-3H3,(H,32,33)/b31-17+. The number of nitrogens with one attached hydrogen (secondary N) is 1. The Balaban J connectivity index is 1.71. The Labute approximate surface area is 224 Å². The van der Waals surface area contributed by atoms with E-state index in [1.807, 2.05) is 20.8 Å². The molecule has 0 saturated carbocycles. The summed E-state index contributed by atoms with van der Waals surface area (Å²) in [7, 11) is 0. The number of hydrogen-bond donors (Lipinski definition) is 1. The number of carbonyl (C=O) groups is 1. The van der Waals surface area contributed by atoms with E-state index in [0.29, 0.717) is 64.0 Å². The molecule has 1 amide bonds. The molecule has 0 aliphatic carbocycles. The summed E-state index contributed by atoms with van der Waals surface area (Å²) in [6.45, 7) is 7.34. The van der Waals surface area contributed by atoms with Crippen molar-refractivity contribution in [3.63, 3.8) is 0 Å². The smallest absolute Gasteiger partial charge is 0.271 e. The molecule has 0 heterocycles. The number of nitrogens with zero attached hydrogens (tertiary/aromatic N) is 1. The van der Waals surface area contributed by atoms with Gasteiger partial charge in [-0.1, -0.05) is 19.1 Å². The van der Waals surface area contributed by atoms with Crippen molar-refractivity contribution in [1.82, 2.24) is 5.43 Å². The fourth-order valence-corrected chi connectivity index (χ4v) is 3.90. The highest BCUT2D eigenvalue weighted by molar-refractivity contribution is 9.10. The van der Waals surface area contributed by atoms with Gasteiger partial charge < -0.3 is 18.9 Å². The topological polar surface area (TPSA) is 78.4 Å². The van der Waals surface area contributed by atoms with Crippen molar-refractivity contribution in [2.45, 2.75) is 33.8 Å². The molecular weight excluding hydrogens is 543 g/mol. The van der Waals surface area contributed by atoms with Crippen LogP contribution in [0.15, 0.2) is 64.2 Å². The van der Waals surface area contributed by atoms with Gasteiger partial charge in [0.2, 0.25) is 0 Å². The molecular formula is C28H30BrFN2O5. The van der Waals surface area contributed by atoms with Gasteiger partial charge in [-0.05, 0) is 89.8 Å². The van der Waals surface area contributed by atoms with Gasteiger partial charge in [-0.15, -0.1) is 0 Å². The molecule has 196 valence electrons. The maximum atomic E-state index is 13.5. The predicted molar refractivity (Wildman–Crippen MR) is 145 cm³/mol. The van der Waals surface area contributed by atoms with Crippen molar-refractivity contribution in [1.29, 1.82) is 0 Å². The van der Waals surface area contributed by atoms with Crippen molar-refractivity contribution in [3.05, 3.63) is 81.6 Å². The number of carbonyl (C=O) groups excluding carboxylic acids is 1. The molecule has 3 aromatic rings. The van der Waals surface area contributed by atoms with E-state index in [-0.39, 0.29) is 12.4 Å². The first-order valence-electron chi connectivity index (χ1n) is 12.0. The maximum Gasteiger partial charge on any atom is 0.271 e. The molecule has 9 heteroatoms. The lowest BCUT2D eigenvalue weighted by molar-refractivity contribution is 0.0954. The van der Waals surface area contributed by atoms with Crippen LogP contribution in [0.5, 0.6) is 23.0 Å². The molecule has 0 bridgehead atoms. The molecule has 3 rings (SSSR count). The van der Waals surface area contributed by atoms with Gasteiger partial charge in [0.05, 0.1) is 30.5 Å². The molecule has 0 saturated heterocycles. The summed E-state index contributed by atoms with van der Waals surface area (Å²) in [6, 6.07) is 14.8. The lowest BCUT2D eigenvalue weighted by Crippen LogP contribution is -2.17. The number of halogens is 2. The van der Waals surface area contributed by atoms with Gasteiger partial charge >= 0.3 is 0 Å². The zero-order chi connectivity index (χ0) is 26.6. The third-order valence-corrected chi connectivity index (χ3v) is 5.54. The minimum absolute atomic E-state index is 0.173. The van der Waals surface area contributed by atoms with E-state index >= 15 is 0 Å². The number of ether oxygens (including phenoxy) is 4. The Bertz CT molecular complexity index is 1240. The maximum absolute atomic E-state index is 13.5. The Morgan fingerprint density at radius 2 is 1.73 bits per heavy atom. The highest BCUT2D eigenvalue weighted by Crippen LogP contribution is 2.37. The molecule has 0 fully saturated rings. The van der Waals surface area contributed by atoms with Crippen LogP contribution < -0.4 is 24.4 Å². The molecule has 0 aliphatic heterocycles. The van der Waals surface area contributed by atoms with Gasteiger partial charge in [0.15, 0.2) is 23.0 Å². The van der Waals surface area contributed by atoms with Gasteiger partial charge in [0.1, 0.15) is 12.4 Å². The third-order valence-electron chi connectivity index (χ3n) is 4.95. The number of benzene rings is 3. The monoisotopic (exact) mass is 572 g/mol. The molecule has 1 N–H and O–H groups in total. The summed E-state index contributed by atoms with van der Waals surface area (Å²) in [5.41, 5.74) is 4.29. The summed E-state index contributed by atoms with van der Waals surface area (Å²) >= 11 is 3.51. The van der Waals surface area contributed by atoms with Gasteiger partial charge in [0, 0.05) is 5.56 Å². The predicted octanol–water partition coefficient (Wildman–Crippen LogP) is 6.52. The van der Waals surface area contributed by atoms with E-state index in [0.717, 1.165) is 6.42 Å². The van der Waals surface area contributed by atoms with Crippen LogP contribution in [0.1, 0.15) is 48.7 Å². The summed E-state index contributed by atoms with van der Waals surface area (Å²) in [4.78, 5) is 12.6. The fraction of sp³-hybridized carbons (Fsp3) is 0.286. The van der Waals surface area contributed by atoms with E-state index in [2.05, 4.69) is 26.5 Å². The van der Waals surface area contributed by atoms with Crippen molar-refractivity contribution in [2.24, 2.45) is 5.10 Å². The second kappa shape index (κ2) is 14.2. The summed E-state index contributed by atoms with van der Waals surface area (Å²) < 4.78 is 37.1. The van der Waals surface area contributed by atoms with Crippen LogP contribution in [-0.4, -0.2) is 31.9 Å². The SMILES string of the molecule is CCCOc1ccc(C(=O)N/N=C/c2cc(Br)c(OCc3cccc(F)c3)c(OCC)c2)cc1OCC. The van der Waals surface area contributed by atoms with E-state index in [9.17, 15) is 9.18 Å². The molecule has 0 radical (unpaired) electrons. The number of rotatable bonds is 13. The van der Waals surface area contributed by atoms with Gasteiger partial charge in [-0.25, -0.2) is 9.82 Å². The Kier molecular flexibility index (Phi) is 10.8. The zero-order valence-corrected chi connectivity index (χ0v) is 22.6. The Hall–Kier alpha value is -3.59. The van der Waals surface area contributed by atoms with Crippen LogP contribution in [0.2, 0.25) is 0 Å². The molecule has 3 aromatic carbocycles. The van der Waals surface area contributed by atoms with E-state index in [1.165, 1.54) is 18.3 Å². The zero-order valence-electron chi connectivity index (χ0n) is 21.1. The van der Waals surface area contributed by atoms with Crippen LogP contribution in [0.3, 0.4) is 0 Å². The number of amides is 1. The first kappa shape index (κ1) is 28.0. The molecule has 0 spiro atoms. The largest absolute Gasteiger partial charge is 0.490 e. The summed E-state index contributed by atoms with van der Waals surface area (Å²) in [5.74, 6) is 1.36. The quantitative estimate of drug-likeness (QED) is 0.186. The second-order valence-corrected chi connectivity index (χ2v) is 8.68. The molecule has 0 aromatic heterocycles. The van der Waals surface area contributed by atoms with Crippen molar-refractivity contribution >= 4 is 28.1 Å². The van der Waals surface area contributed by atoms with Gasteiger partial charge in [-0.2, -0.15) is 5.10 Å². The number of hydrazone groups is 1. The summed E-state index contributed by atoms with van der Waals surface area (Å²) in [5, 5.41) is 4.09. The first-order valence-corrected chi connectivity index (χ1v) is 12.8. The van der Waals surface area contributed by atoms with Crippen molar-refractivity contribution in [2.75, 3.05) is 19.8 Å². The lowest BCUT2D eigenvalue weighted by Gasteiger charge is -2.15. The molecule has 0 atom stereocenters. The van der Waals surface area contributed by atoms with Crippen molar-refractivity contribution in [3.8, 4) is 23.0 Å². The van der Waals surface area contributed by atoms with E-state index < -0.39 is 5.91 Å². The Morgan fingerprint density at radius 3 is 2.46 bits per heavy atom. The van der Waals surface area contributed by atoms with Gasteiger partial charge in [-0.3, -0.25) is 4.79 Å². The molecule has 37 heavy (non-hydrogen) atoms. The highest BCUT2D eigenvalue weighted by atomic mass is 79.9. The molecule has 7 nitrogen and oxygen atoms in total. The van der Waals surface area contributed by atoms with Crippen molar-refractivity contribution < 1.29 is 28.1 Å². The highest BCUT2D eigenvalue weighted by Gasteiger charge is 2.14. The molecule has 0 aliphatic rings. The van der Waals surface area contributed by atoms with Crippen LogP contribution in [0.4, 0.5) is 4.39 Å². The number of hydrogen-bond acceptors (Lipinski definition) is 6. The second-order valence-electron chi connectivity index (χ2n) is 7.82.